The van der Waals surface area contributed by atoms with Gasteiger partial charge in [0.2, 0.25) is 5.91 Å². The number of ether oxygens (including phenoxy) is 2. The fourth-order valence-corrected chi connectivity index (χ4v) is 3.42. The van der Waals surface area contributed by atoms with E-state index >= 15 is 0 Å². The average molecular weight is 401 g/mol. The van der Waals surface area contributed by atoms with Gasteiger partial charge in [0.15, 0.2) is 0 Å². The van der Waals surface area contributed by atoms with Crippen molar-refractivity contribution in [2.75, 3.05) is 19.5 Å². The molecule has 0 bridgehead atoms. The smallest absolute Gasteiger partial charge is 0.224 e. The molecule has 4 aromatic rings. The first-order chi connectivity index (χ1) is 14.7. The Morgan fingerprint density at radius 2 is 1.80 bits per heavy atom. The highest BCUT2D eigenvalue weighted by molar-refractivity contribution is 5.95. The number of para-hydroxylation sites is 3. The molecule has 0 aliphatic heterocycles. The number of imidazole rings is 1. The number of fused-ring (bicyclic) bond motifs is 1. The quantitative estimate of drug-likeness (QED) is 0.466. The number of benzene rings is 3. The summed E-state index contributed by atoms with van der Waals surface area (Å²) < 4.78 is 10.7. The van der Waals surface area contributed by atoms with E-state index in [2.05, 4.69) is 15.3 Å². The van der Waals surface area contributed by atoms with Gasteiger partial charge in [-0.25, -0.2) is 4.98 Å². The molecule has 0 aliphatic rings. The summed E-state index contributed by atoms with van der Waals surface area (Å²) in [5.74, 6) is 2.12. The first kappa shape index (κ1) is 19.5. The van der Waals surface area contributed by atoms with Crippen LogP contribution in [0.5, 0.6) is 11.5 Å². The lowest BCUT2D eigenvalue weighted by Gasteiger charge is -2.12. The molecule has 1 heterocycles. The minimum atomic E-state index is -0.0802. The van der Waals surface area contributed by atoms with E-state index in [1.807, 2.05) is 66.7 Å². The fraction of sp³-hybridized carbons (Fsp3) is 0.167. The highest BCUT2D eigenvalue weighted by Crippen LogP contribution is 2.28. The van der Waals surface area contributed by atoms with Crippen LogP contribution < -0.4 is 14.8 Å². The van der Waals surface area contributed by atoms with Crippen LogP contribution in [-0.2, 0) is 11.2 Å². The molecule has 0 saturated heterocycles. The third-order valence-electron chi connectivity index (χ3n) is 4.95. The van der Waals surface area contributed by atoms with Crippen LogP contribution in [0.3, 0.4) is 0 Å². The number of amides is 1. The average Bonchev–Trinajstić information content (AvgIpc) is 3.22. The standard InChI is InChI=1S/C24H23N3O3/c1-29-17-12-13-22(30-2)16(15-17)11-14-23(28)25-19-8-4-3-7-18(19)24-26-20-9-5-6-10-21(20)27-24/h3-10,12-13,15H,11,14H2,1-2H3,(H,25,28)(H,26,27). The molecule has 152 valence electrons. The molecule has 0 aliphatic carbocycles. The first-order valence-corrected chi connectivity index (χ1v) is 9.73. The number of aromatic nitrogens is 2. The highest BCUT2D eigenvalue weighted by atomic mass is 16.5. The Bertz CT molecular complexity index is 1150. The maximum absolute atomic E-state index is 12.7. The Kier molecular flexibility index (Phi) is 5.66. The van der Waals surface area contributed by atoms with Gasteiger partial charge in [0.1, 0.15) is 17.3 Å². The second-order valence-corrected chi connectivity index (χ2v) is 6.87. The molecule has 2 N–H and O–H groups in total. The largest absolute Gasteiger partial charge is 0.497 e. The third kappa shape index (κ3) is 4.12. The lowest BCUT2D eigenvalue weighted by atomic mass is 10.1. The van der Waals surface area contributed by atoms with Crippen molar-refractivity contribution in [3.05, 3.63) is 72.3 Å². The van der Waals surface area contributed by atoms with E-state index in [-0.39, 0.29) is 5.91 Å². The van der Waals surface area contributed by atoms with Crippen molar-refractivity contribution < 1.29 is 14.3 Å². The first-order valence-electron chi connectivity index (χ1n) is 9.73. The normalized spacial score (nSPS) is 10.7. The lowest BCUT2D eigenvalue weighted by molar-refractivity contribution is -0.116. The van der Waals surface area contributed by atoms with Crippen LogP contribution in [0.15, 0.2) is 66.7 Å². The van der Waals surface area contributed by atoms with Crippen molar-refractivity contribution in [3.8, 4) is 22.9 Å². The van der Waals surface area contributed by atoms with Crippen LogP contribution in [-0.4, -0.2) is 30.1 Å². The number of hydrogen-bond donors (Lipinski definition) is 2. The number of hydrogen-bond acceptors (Lipinski definition) is 4. The molecule has 0 atom stereocenters. The number of rotatable bonds is 7. The van der Waals surface area contributed by atoms with Gasteiger partial charge < -0.3 is 19.8 Å². The Balaban J connectivity index is 1.51. The minimum absolute atomic E-state index is 0.0802. The number of nitrogens with one attached hydrogen (secondary N) is 2. The molecular weight excluding hydrogens is 378 g/mol. The second-order valence-electron chi connectivity index (χ2n) is 6.87. The molecule has 6 nitrogen and oxygen atoms in total. The van der Waals surface area contributed by atoms with E-state index in [1.165, 1.54) is 0 Å². The fourth-order valence-electron chi connectivity index (χ4n) is 3.42. The molecule has 1 amide bonds. The summed E-state index contributed by atoms with van der Waals surface area (Å²) in [5.41, 5.74) is 4.34. The zero-order valence-electron chi connectivity index (χ0n) is 16.9. The van der Waals surface area contributed by atoms with E-state index in [9.17, 15) is 4.79 Å². The third-order valence-corrected chi connectivity index (χ3v) is 4.95. The monoisotopic (exact) mass is 401 g/mol. The summed E-state index contributed by atoms with van der Waals surface area (Å²) in [6, 6.07) is 21.1. The van der Waals surface area contributed by atoms with Crippen molar-refractivity contribution in [3.63, 3.8) is 0 Å². The van der Waals surface area contributed by atoms with Crippen molar-refractivity contribution in [2.24, 2.45) is 0 Å². The van der Waals surface area contributed by atoms with Crippen molar-refractivity contribution in [1.29, 1.82) is 0 Å². The summed E-state index contributed by atoms with van der Waals surface area (Å²) in [6.45, 7) is 0. The predicted octanol–water partition coefficient (Wildman–Crippen LogP) is 4.82. The number of aryl methyl sites for hydroxylation is 1. The lowest BCUT2D eigenvalue weighted by Crippen LogP contribution is -2.13. The van der Waals surface area contributed by atoms with Crippen LogP contribution >= 0.6 is 0 Å². The summed E-state index contributed by atoms with van der Waals surface area (Å²) in [6.07, 6.45) is 0.858. The number of H-pyrrole nitrogens is 1. The van der Waals surface area contributed by atoms with Crippen LogP contribution in [0.2, 0.25) is 0 Å². The Hall–Kier alpha value is -3.80. The molecule has 3 aromatic carbocycles. The minimum Gasteiger partial charge on any atom is -0.497 e. The second kappa shape index (κ2) is 8.69. The van der Waals surface area contributed by atoms with Gasteiger partial charge in [0.05, 0.1) is 30.9 Å². The molecule has 6 heteroatoms. The molecular formula is C24H23N3O3. The number of nitrogens with zero attached hydrogens (tertiary/aromatic N) is 1. The molecule has 0 spiro atoms. The summed E-state index contributed by atoms with van der Waals surface area (Å²) in [4.78, 5) is 20.6. The Labute approximate surface area is 174 Å². The van der Waals surface area contributed by atoms with Crippen LogP contribution in [0, 0.1) is 0 Å². The number of carbonyl (C=O) groups excluding carboxylic acids is 1. The van der Waals surface area contributed by atoms with Crippen LogP contribution in [0.25, 0.3) is 22.4 Å². The van der Waals surface area contributed by atoms with Gasteiger partial charge in [-0.2, -0.15) is 0 Å². The number of anilines is 1. The Morgan fingerprint density at radius 1 is 1.00 bits per heavy atom. The molecule has 0 fully saturated rings. The van der Waals surface area contributed by atoms with Crippen molar-refractivity contribution >= 4 is 22.6 Å². The summed E-state index contributed by atoms with van der Waals surface area (Å²) in [7, 11) is 3.24. The summed E-state index contributed by atoms with van der Waals surface area (Å²) in [5, 5.41) is 3.02. The number of methoxy groups -OCH3 is 2. The van der Waals surface area contributed by atoms with Crippen LogP contribution in [0.1, 0.15) is 12.0 Å². The maximum atomic E-state index is 12.7. The van der Waals surface area contributed by atoms with Gasteiger partial charge in [-0.3, -0.25) is 4.79 Å². The van der Waals surface area contributed by atoms with E-state index in [0.29, 0.717) is 12.8 Å². The van der Waals surface area contributed by atoms with Gasteiger partial charge in [0, 0.05) is 12.0 Å². The molecule has 0 radical (unpaired) electrons. The number of aromatic amines is 1. The Morgan fingerprint density at radius 3 is 2.60 bits per heavy atom. The van der Waals surface area contributed by atoms with Crippen LogP contribution in [0.4, 0.5) is 5.69 Å². The van der Waals surface area contributed by atoms with Crippen molar-refractivity contribution in [1.82, 2.24) is 9.97 Å². The van der Waals surface area contributed by atoms with E-state index in [0.717, 1.165) is 45.2 Å². The maximum Gasteiger partial charge on any atom is 0.224 e. The molecule has 4 rings (SSSR count). The zero-order chi connectivity index (χ0) is 20.9. The molecule has 0 saturated carbocycles. The van der Waals surface area contributed by atoms with Gasteiger partial charge in [-0.15, -0.1) is 0 Å². The van der Waals surface area contributed by atoms with Gasteiger partial charge >= 0.3 is 0 Å². The highest BCUT2D eigenvalue weighted by Gasteiger charge is 2.13. The van der Waals surface area contributed by atoms with E-state index in [4.69, 9.17) is 9.47 Å². The molecule has 0 unspecified atom stereocenters. The van der Waals surface area contributed by atoms with E-state index < -0.39 is 0 Å². The number of carbonyl (C=O) groups is 1. The van der Waals surface area contributed by atoms with Gasteiger partial charge in [0.25, 0.3) is 0 Å². The van der Waals surface area contributed by atoms with Crippen molar-refractivity contribution in [2.45, 2.75) is 12.8 Å². The molecule has 1 aromatic heterocycles. The topological polar surface area (TPSA) is 76.2 Å². The van der Waals surface area contributed by atoms with E-state index in [1.54, 1.807) is 14.2 Å². The zero-order valence-corrected chi connectivity index (χ0v) is 16.9. The van der Waals surface area contributed by atoms with Gasteiger partial charge in [-0.1, -0.05) is 24.3 Å². The summed E-state index contributed by atoms with van der Waals surface area (Å²) >= 11 is 0. The van der Waals surface area contributed by atoms with Gasteiger partial charge in [-0.05, 0) is 54.4 Å². The predicted molar refractivity (Wildman–Crippen MR) is 118 cm³/mol. The molecule has 30 heavy (non-hydrogen) atoms. The SMILES string of the molecule is COc1ccc(OC)c(CCC(=O)Nc2ccccc2-c2nc3ccccc3[nH]2)c1.